The summed E-state index contributed by atoms with van der Waals surface area (Å²) in [5, 5.41) is 1.45. The average molecular weight is 214 g/mol. The van der Waals surface area contributed by atoms with E-state index in [1.807, 2.05) is 0 Å². The van der Waals surface area contributed by atoms with Crippen LogP contribution in [0.15, 0.2) is 0 Å². The molecule has 78 valence electrons. The van der Waals surface area contributed by atoms with Crippen LogP contribution in [-0.4, -0.2) is 35.3 Å². The van der Waals surface area contributed by atoms with Crippen molar-refractivity contribution in [1.82, 2.24) is 0 Å². The van der Waals surface area contributed by atoms with Gasteiger partial charge in [-0.15, -0.1) is 0 Å². The Morgan fingerprint density at radius 2 is 2.07 bits per heavy atom. The van der Waals surface area contributed by atoms with E-state index in [1.54, 1.807) is 0 Å². The lowest BCUT2D eigenvalue weighted by atomic mass is 9.95. The summed E-state index contributed by atoms with van der Waals surface area (Å²) in [6.07, 6.45) is 4.45. The summed E-state index contributed by atoms with van der Waals surface area (Å²) < 4.78 is 10.3. The van der Waals surface area contributed by atoms with Crippen LogP contribution in [0, 0.1) is 0 Å². The second kappa shape index (κ2) is 2.89. The molecule has 4 heteroatoms. The minimum atomic E-state index is -0.253. The number of esters is 1. The molecule has 0 aromatic carbocycles. The fourth-order valence-corrected chi connectivity index (χ4v) is 4.66. The summed E-state index contributed by atoms with van der Waals surface area (Å²) in [6, 6.07) is 0. The number of carbonyl (C=O) groups excluding carboxylic acids is 1. The Morgan fingerprint density at radius 1 is 1.43 bits per heavy atom. The van der Waals surface area contributed by atoms with Gasteiger partial charge >= 0.3 is 5.97 Å². The highest BCUT2D eigenvalue weighted by Gasteiger charge is 2.65. The Kier molecular flexibility index (Phi) is 1.86. The van der Waals surface area contributed by atoms with Crippen LogP contribution >= 0.6 is 11.8 Å². The molecule has 0 saturated carbocycles. The quantitative estimate of drug-likeness (QED) is 0.488. The van der Waals surface area contributed by atoms with E-state index in [9.17, 15) is 4.79 Å². The van der Waals surface area contributed by atoms with Crippen molar-refractivity contribution in [2.24, 2.45) is 0 Å². The van der Waals surface area contributed by atoms with E-state index in [1.165, 1.54) is 20.0 Å². The first kappa shape index (κ1) is 9.04. The van der Waals surface area contributed by atoms with Gasteiger partial charge in [-0.05, 0) is 25.7 Å². The summed E-state index contributed by atoms with van der Waals surface area (Å²) in [7, 11) is 1.43. The van der Waals surface area contributed by atoms with Crippen molar-refractivity contribution in [1.29, 1.82) is 0 Å². The van der Waals surface area contributed by atoms with Crippen LogP contribution in [0.1, 0.15) is 25.7 Å². The number of carbonyl (C=O) groups is 1. The zero-order chi connectivity index (χ0) is 9.76. The van der Waals surface area contributed by atoms with Gasteiger partial charge < -0.3 is 9.47 Å². The highest BCUT2D eigenvalue weighted by Crippen LogP contribution is 2.57. The van der Waals surface area contributed by atoms with E-state index in [4.69, 9.17) is 9.47 Å². The van der Waals surface area contributed by atoms with Crippen LogP contribution in [0.5, 0.6) is 0 Å². The number of hydrogen-bond acceptors (Lipinski definition) is 4. The summed E-state index contributed by atoms with van der Waals surface area (Å²) in [6.45, 7) is 0. The molecule has 1 spiro atoms. The van der Waals surface area contributed by atoms with Crippen molar-refractivity contribution >= 4 is 17.7 Å². The maximum atomic E-state index is 11.3. The molecule has 3 heterocycles. The summed E-state index contributed by atoms with van der Waals surface area (Å²) >= 11 is 2.08. The highest BCUT2D eigenvalue weighted by molar-refractivity contribution is 8.00. The number of hydrogen-bond donors (Lipinski definition) is 0. The van der Waals surface area contributed by atoms with Crippen LogP contribution in [0.4, 0.5) is 0 Å². The molecular formula is C10H14O3S. The first-order valence-corrected chi connectivity index (χ1v) is 6.09. The number of rotatable bonds is 1. The van der Waals surface area contributed by atoms with E-state index >= 15 is 0 Å². The monoisotopic (exact) mass is 214 g/mol. The van der Waals surface area contributed by atoms with Gasteiger partial charge in [-0.25, -0.2) is 4.79 Å². The molecule has 2 bridgehead atoms. The molecule has 0 aromatic heterocycles. The fourth-order valence-electron chi connectivity index (χ4n) is 2.82. The number of epoxide rings is 1. The van der Waals surface area contributed by atoms with Gasteiger partial charge in [0, 0.05) is 10.5 Å². The first-order valence-electron chi connectivity index (χ1n) is 5.15. The third-order valence-corrected chi connectivity index (χ3v) is 5.10. The Bertz CT molecular complexity index is 267. The molecule has 3 fully saturated rings. The first-order chi connectivity index (χ1) is 6.73. The summed E-state index contributed by atoms with van der Waals surface area (Å²) in [4.78, 5) is 11.3. The molecule has 0 aromatic rings. The van der Waals surface area contributed by atoms with Crippen molar-refractivity contribution in [3.8, 4) is 0 Å². The third kappa shape index (κ3) is 1.20. The van der Waals surface area contributed by atoms with E-state index in [2.05, 4.69) is 11.8 Å². The second-order valence-electron chi connectivity index (χ2n) is 4.45. The van der Waals surface area contributed by atoms with Crippen LogP contribution in [0.2, 0.25) is 0 Å². The van der Waals surface area contributed by atoms with Gasteiger partial charge in [-0.2, -0.15) is 11.8 Å². The van der Waals surface area contributed by atoms with E-state index in [-0.39, 0.29) is 17.7 Å². The second-order valence-corrected chi connectivity index (χ2v) is 6.06. The molecule has 3 unspecified atom stereocenters. The number of methoxy groups -OCH3 is 1. The minimum Gasteiger partial charge on any atom is -0.467 e. The predicted molar refractivity (Wildman–Crippen MR) is 53.3 cm³/mol. The fraction of sp³-hybridized carbons (Fsp3) is 0.900. The Hall–Kier alpha value is -0.220. The zero-order valence-corrected chi connectivity index (χ0v) is 9.01. The van der Waals surface area contributed by atoms with Crippen molar-refractivity contribution in [3.63, 3.8) is 0 Å². The molecule has 3 atom stereocenters. The van der Waals surface area contributed by atoms with Crippen LogP contribution in [0.25, 0.3) is 0 Å². The van der Waals surface area contributed by atoms with Gasteiger partial charge in [-0.1, -0.05) is 0 Å². The van der Waals surface area contributed by atoms with E-state index in [0.717, 1.165) is 23.3 Å². The molecule has 0 amide bonds. The van der Waals surface area contributed by atoms with Crippen LogP contribution in [-0.2, 0) is 14.3 Å². The van der Waals surface area contributed by atoms with Gasteiger partial charge in [0.25, 0.3) is 0 Å². The Labute approximate surface area is 87.5 Å². The molecule has 0 aliphatic carbocycles. The highest BCUT2D eigenvalue weighted by atomic mass is 32.2. The lowest BCUT2D eigenvalue weighted by molar-refractivity contribution is -0.142. The average Bonchev–Trinajstić information content (AvgIpc) is 2.75. The van der Waals surface area contributed by atoms with Crippen LogP contribution < -0.4 is 0 Å². The molecule has 3 nitrogen and oxygen atoms in total. The van der Waals surface area contributed by atoms with Crippen molar-refractivity contribution in [3.05, 3.63) is 0 Å². The van der Waals surface area contributed by atoms with E-state index in [0.29, 0.717) is 0 Å². The zero-order valence-electron chi connectivity index (χ0n) is 8.19. The largest absolute Gasteiger partial charge is 0.467 e. The molecule has 3 aliphatic rings. The van der Waals surface area contributed by atoms with Gasteiger partial charge in [-0.3, -0.25) is 0 Å². The minimum absolute atomic E-state index is 0.121. The maximum Gasteiger partial charge on any atom is 0.338 e. The normalized spacial score (nSPS) is 49.4. The maximum absolute atomic E-state index is 11.3. The van der Waals surface area contributed by atoms with Crippen molar-refractivity contribution < 1.29 is 14.3 Å². The number of thioether (sulfide) groups is 1. The van der Waals surface area contributed by atoms with Gasteiger partial charge in [0.15, 0.2) is 6.10 Å². The molecule has 14 heavy (non-hydrogen) atoms. The summed E-state index contributed by atoms with van der Waals surface area (Å²) in [5.41, 5.74) is -0.121. The number of ether oxygens (including phenoxy) is 2. The van der Waals surface area contributed by atoms with E-state index < -0.39 is 0 Å². The molecule has 0 radical (unpaired) electrons. The standard InChI is InChI=1S/C10H14O3S/c1-12-9(11)8-10(13-8)4-6-2-3-7(5-10)14-6/h6-8H,2-5H2,1H3. The van der Waals surface area contributed by atoms with Crippen LogP contribution in [0.3, 0.4) is 0 Å². The van der Waals surface area contributed by atoms with Crippen molar-refractivity contribution in [2.75, 3.05) is 7.11 Å². The Balaban J connectivity index is 1.73. The topological polar surface area (TPSA) is 38.8 Å². The van der Waals surface area contributed by atoms with Gasteiger partial charge in [0.2, 0.25) is 0 Å². The lowest BCUT2D eigenvalue weighted by Gasteiger charge is -2.24. The molecule has 3 aliphatic heterocycles. The molecule has 3 saturated heterocycles. The smallest absolute Gasteiger partial charge is 0.338 e. The number of fused-ring (bicyclic) bond motifs is 2. The Morgan fingerprint density at radius 3 is 2.64 bits per heavy atom. The predicted octanol–water partition coefficient (Wildman–Crippen LogP) is 1.35. The van der Waals surface area contributed by atoms with Gasteiger partial charge in [0.1, 0.15) is 5.60 Å². The van der Waals surface area contributed by atoms with Gasteiger partial charge in [0.05, 0.1) is 7.11 Å². The lowest BCUT2D eigenvalue weighted by Crippen LogP contribution is -2.30. The summed E-state index contributed by atoms with van der Waals surface area (Å²) in [5.74, 6) is -0.184. The molecule has 0 N–H and O–H groups in total. The molecular weight excluding hydrogens is 200 g/mol. The molecule has 3 rings (SSSR count). The third-order valence-electron chi connectivity index (χ3n) is 3.53. The SMILES string of the molecule is COC(=O)C1OC12CC1CCC(C2)S1. The van der Waals surface area contributed by atoms with Crippen molar-refractivity contribution in [2.45, 2.75) is 47.9 Å².